The molecule has 1 aliphatic heterocycles. The van der Waals surface area contributed by atoms with Crippen LogP contribution in [0.4, 0.5) is 0 Å². The number of aromatic hydroxyl groups is 1. The minimum atomic E-state index is -0.171. The summed E-state index contributed by atoms with van der Waals surface area (Å²) < 4.78 is 10.5. The van der Waals surface area contributed by atoms with Crippen LogP contribution in [-0.2, 0) is 9.53 Å². The highest BCUT2D eigenvalue weighted by atomic mass is 35.5. The number of benzene rings is 1. The van der Waals surface area contributed by atoms with E-state index in [4.69, 9.17) is 33.3 Å². The summed E-state index contributed by atoms with van der Waals surface area (Å²) in [7, 11) is 3.00. The Morgan fingerprint density at radius 3 is 2.82 bits per heavy atom. The average Bonchev–Trinajstić information content (AvgIpc) is 2.75. The van der Waals surface area contributed by atoms with Gasteiger partial charge in [-0.2, -0.15) is 0 Å². The fourth-order valence-electron chi connectivity index (χ4n) is 1.86. The maximum absolute atomic E-state index is 12.3. The van der Waals surface area contributed by atoms with Gasteiger partial charge < -0.3 is 14.6 Å². The van der Waals surface area contributed by atoms with Crippen molar-refractivity contribution >= 4 is 51.9 Å². The van der Waals surface area contributed by atoms with Gasteiger partial charge in [-0.05, 0) is 23.8 Å². The molecule has 2 rings (SSSR count). The predicted molar refractivity (Wildman–Crippen MR) is 91.4 cm³/mol. The first kappa shape index (κ1) is 17.1. The third-order valence-corrected chi connectivity index (χ3v) is 4.63. The second-order valence-corrected chi connectivity index (χ2v) is 6.46. The van der Waals surface area contributed by atoms with Gasteiger partial charge >= 0.3 is 0 Å². The van der Waals surface area contributed by atoms with Crippen molar-refractivity contribution in [3.63, 3.8) is 0 Å². The molecule has 0 aliphatic carbocycles. The number of methoxy groups -OCH3 is 2. The van der Waals surface area contributed by atoms with Crippen molar-refractivity contribution in [2.24, 2.45) is 0 Å². The van der Waals surface area contributed by atoms with Crippen molar-refractivity contribution in [3.8, 4) is 11.5 Å². The number of hydrogen-bond donors (Lipinski definition) is 1. The van der Waals surface area contributed by atoms with E-state index in [-0.39, 0.29) is 22.4 Å². The van der Waals surface area contributed by atoms with Gasteiger partial charge in [-0.25, -0.2) is 0 Å². The van der Waals surface area contributed by atoms with E-state index in [0.717, 1.165) is 0 Å². The van der Waals surface area contributed by atoms with E-state index in [9.17, 15) is 9.90 Å². The van der Waals surface area contributed by atoms with Crippen LogP contribution in [0.25, 0.3) is 6.08 Å². The molecule has 1 saturated heterocycles. The third-order valence-electron chi connectivity index (χ3n) is 2.96. The molecule has 0 aromatic heterocycles. The van der Waals surface area contributed by atoms with E-state index in [0.29, 0.717) is 27.9 Å². The van der Waals surface area contributed by atoms with Crippen LogP contribution in [0.15, 0.2) is 17.0 Å². The first-order valence-electron chi connectivity index (χ1n) is 6.28. The molecular weight excluding hydrogens is 346 g/mol. The monoisotopic (exact) mass is 359 g/mol. The standard InChI is InChI=1S/C14H14ClNO4S2/c1-19-4-3-16-13(18)11(22-14(16)21)7-8-5-9(15)12(17)10(6-8)20-2/h5-7,17H,3-4H2,1-2H3. The van der Waals surface area contributed by atoms with Crippen molar-refractivity contribution in [1.82, 2.24) is 4.90 Å². The number of phenols is 1. The van der Waals surface area contributed by atoms with Gasteiger partial charge in [-0.1, -0.05) is 35.6 Å². The first-order valence-corrected chi connectivity index (χ1v) is 7.89. The second kappa shape index (κ2) is 7.32. The van der Waals surface area contributed by atoms with Crippen molar-refractivity contribution in [1.29, 1.82) is 0 Å². The number of nitrogens with zero attached hydrogens (tertiary/aromatic N) is 1. The summed E-state index contributed by atoms with van der Waals surface area (Å²) in [6.45, 7) is 0.830. The van der Waals surface area contributed by atoms with Crippen LogP contribution in [0.5, 0.6) is 11.5 Å². The molecule has 1 amide bonds. The summed E-state index contributed by atoms with van der Waals surface area (Å²) in [6, 6.07) is 3.16. The molecule has 0 saturated carbocycles. The van der Waals surface area contributed by atoms with Crippen molar-refractivity contribution in [2.45, 2.75) is 0 Å². The molecule has 5 nitrogen and oxygen atoms in total. The highest BCUT2D eigenvalue weighted by Crippen LogP contribution is 2.37. The van der Waals surface area contributed by atoms with Gasteiger partial charge in [0.25, 0.3) is 5.91 Å². The molecule has 1 aromatic carbocycles. The topological polar surface area (TPSA) is 59.0 Å². The van der Waals surface area contributed by atoms with E-state index in [1.807, 2.05) is 0 Å². The lowest BCUT2D eigenvalue weighted by molar-refractivity contribution is -0.122. The van der Waals surface area contributed by atoms with Gasteiger partial charge in [-0.3, -0.25) is 9.69 Å². The summed E-state index contributed by atoms with van der Waals surface area (Å²) >= 11 is 12.4. The van der Waals surface area contributed by atoms with Gasteiger partial charge in [0.2, 0.25) is 0 Å². The molecule has 1 aromatic rings. The fraction of sp³-hybridized carbons (Fsp3) is 0.286. The van der Waals surface area contributed by atoms with Crippen LogP contribution in [-0.4, -0.2) is 47.6 Å². The molecule has 1 heterocycles. The lowest BCUT2D eigenvalue weighted by Crippen LogP contribution is -2.31. The van der Waals surface area contributed by atoms with Crippen LogP contribution in [0.2, 0.25) is 5.02 Å². The second-order valence-electron chi connectivity index (χ2n) is 4.38. The summed E-state index contributed by atoms with van der Waals surface area (Å²) in [5.41, 5.74) is 0.645. The zero-order valence-electron chi connectivity index (χ0n) is 12.0. The van der Waals surface area contributed by atoms with Crippen molar-refractivity contribution in [3.05, 3.63) is 27.6 Å². The van der Waals surface area contributed by atoms with Crippen molar-refractivity contribution in [2.75, 3.05) is 27.4 Å². The number of ether oxygens (including phenoxy) is 2. The molecule has 1 N–H and O–H groups in total. The van der Waals surface area contributed by atoms with Gasteiger partial charge in [0.05, 0.1) is 30.2 Å². The number of carbonyl (C=O) groups excluding carboxylic acids is 1. The average molecular weight is 360 g/mol. The molecule has 22 heavy (non-hydrogen) atoms. The van der Waals surface area contributed by atoms with Crippen LogP contribution < -0.4 is 4.74 Å². The Kier molecular flexibility index (Phi) is 5.69. The van der Waals surface area contributed by atoms with Crippen molar-refractivity contribution < 1.29 is 19.4 Å². The number of amides is 1. The summed E-state index contributed by atoms with van der Waals surface area (Å²) in [6.07, 6.45) is 1.67. The van der Waals surface area contributed by atoms with Crippen LogP contribution in [0.3, 0.4) is 0 Å². The molecule has 0 spiro atoms. The lowest BCUT2D eigenvalue weighted by Gasteiger charge is -2.13. The van der Waals surface area contributed by atoms with Gasteiger partial charge in [-0.15, -0.1) is 0 Å². The maximum Gasteiger partial charge on any atom is 0.266 e. The number of phenolic OH excluding ortho intramolecular Hbond substituents is 1. The minimum Gasteiger partial charge on any atom is -0.503 e. The van der Waals surface area contributed by atoms with E-state index < -0.39 is 0 Å². The fourth-order valence-corrected chi connectivity index (χ4v) is 3.39. The first-order chi connectivity index (χ1) is 10.5. The SMILES string of the molecule is COCCN1C(=O)C(=Cc2cc(Cl)c(O)c(OC)c2)SC1=S. The van der Waals surface area contributed by atoms with E-state index >= 15 is 0 Å². The lowest BCUT2D eigenvalue weighted by atomic mass is 10.2. The Morgan fingerprint density at radius 1 is 1.45 bits per heavy atom. The Labute approximate surface area is 142 Å². The number of carbonyl (C=O) groups is 1. The molecule has 0 bridgehead atoms. The number of thioether (sulfide) groups is 1. The largest absolute Gasteiger partial charge is 0.503 e. The molecule has 0 atom stereocenters. The van der Waals surface area contributed by atoms with Gasteiger partial charge in [0, 0.05) is 7.11 Å². The molecule has 0 radical (unpaired) electrons. The Morgan fingerprint density at radius 2 is 2.18 bits per heavy atom. The number of thiocarbonyl (C=S) groups is 1. The predicted octanol–water partition coefficient (Wildman–Crippen LogP) is 2.90. The van der Waals surface area contributed by atoms with E-state index in [1.165, 1.54) is 23.8 Å². The molecule has 0 unspecified atom stereocenters. The Balaban J connectivity index is 2.29. The van der Waals surface area contributed by atoms with Crippen LogP contribution in [0, 0.1) is 0 Å². The number of rotatable bonds is 5. The number of halogens is 1. The molecule has 1 fully saturated rings. The van der Waals surface area contributed by atoms with Gasteiger partial charge in [0.15, 0.2) is 11.5 Å². The van der Waals surface area contributed by atoms with Gasteiger partial charge in [0.1, 0.15) is 4.32 Å². The zero-order valence-corrected chi connectivity index (χ0v) is 14.3. The Bertz CT molecular complexity index is 648. The normalized spacial score (nSPS) is 16.7. The third kappa shape index (κ3) is 3.55. The Hall–Kier alpha value is -1.28. The molecule has 1 aliphatic rings. The van der Waals surface area contributed by atoms with Crippen LogP contribution in [0.1, 0.15) is 5.56 Å². The highest BCUT2D eigenvalue weighted by Gasteiger charge is 2.31. The summed E-state index contributed by atoms with van der Waals surface area (Å²) in [5.74, 6) is -0.0576. The van der Waals surface area contributed by atoms with E-state index in [2.05, 4.69) is 0 Å². The molecular formula is C14H14ClNO4S2. The van der Waals surface area contributed by atoms with E-state index in [1.54, 1.807) is 25.3 Å². The van der Waals surface area contributed by atoms with Crippen LogP contribution >= 0.6 is 35.6 Å². The summed E-state index contributed by atoms with van der Waals surface area (Å²) in [4.78, 5) is 14.3. The molecule has 8 heteroatoms. The highest BCUT2D eigenvalue weighted by molar-refractivity contribution is 8.26. The quantitative estimate of drug-likeness (QED) is 0.644. The smallest absolute Gasteiger partial charge is 0.266 e. The summed E-state index contributed by atoms with van der Waals surface area (Å²) in [5, 5.41) is 9.88. The number of hydrogen-bond acceptors (Lipinski definition) is 6. The maximum atomic E-state index is 12.3. The minimum absolute atomic E-state index is 0.131. The molecule has 118 valence electrons. The zero-order chi connectivity index (χ0) is 16.3.